The van der Waals surface area contributed by atoms with Crippen LogP contribution in [0.1, 0.15) is 5.69 Å². The van der Waals surface area contributed by atoms with Gasteiger partial charge in [-0.1, -0.05) is 15.9 Å². The summed E-state index contributed by atoms with van der Waals surface area (Å²) in [5, 5.41) is 0. The molecule has 1 saturated heterocycles. The van der Waals surface area contributed by atoms with E-state index in [1.807, 2.05) is 12.1 Å². The number of hydrogen-bond acceptors (Lipinski definition) is 3. The van der Waals surface area contributed by atoms with Gasteiger partial charge < -0.3 is 9.47 Å². The lowest BCUT2D eigenvalue weighted by Crippen LogP contribution is -2.48. The van der Waals surface area contributed by atoms with Gasteiger partial charge in [0.2, 0.25) is 0 Å². The van der Waals surface area contributed by atoms with E-state index in [9.17, 15) is 0 Å². The van der Waals surface area contributed by atoms with Gasteiger partial charge in [0.05, 0.1) is 18.9 Å². The van der Waals surface area contributed by atoms with Gasteiger partial charge in [-0.2, -0.15) is 0 Å². The number of nitrogens with zero attached hydrogens (tertiary/aromatic N) is 1. The number of methoxy groups -OCH3 is 1. The van der Waals surface area contributed by atoms with Crippen molar-refractivity contribution in [3.8, 4) is 0 Å². The Labute approximate surface area is 85.2 Å². The van der Waals surface area contributed by atoms with Crippen LogP contribution in [0.25, 0.3) is 0 Å². The van der Waals surface area contributed by atoms with Gasteiger partial charge in [-0.05, 0) is 12.1 Å². The van der Waals surface area contributed by atoms with Crippen LogP contribution in [0.2, 0.25) is 0 Å². The maximum atomic E-state index is 5.41. The van der Waals surface area contributed by atoms with Crippen LogP contribution in [-0.2, 0) is 15.1 Å². The quantitative estimate of drug-likeness (QED) is 0.793. The van der Waals surface area contributed by atoms with Crippen molar-refractivity contribution in [3.05, 3.63) is 28.5 Å². The molecule has 1 fully saturated rings. The van der Waals surface area contributed by atoms with Gasteiger partial charge in [-0.25, -0.2) is 0 Å². The highest BCUT2D eigenvalue weighted by Crippen LogP contribution is 2.32. The third-order valence-corrected chi connectivity index (χ3v) is 2.74. The van der Waals surface area contributed by atoms with Gasteiger partial charge in [-0.15, -0.1) is 0 Å². The summed E-state index contributed by atoms with van der Waals surface area (Å²) < 4.78 is 11.6. The molecule has 0 atom stereocenters. The monoisotopic (exact) mass is 243 g/mol. The molecule has 2 heterocycles. The largest absolute Gasteiger partial charge is 0.374 e. The first-order valence-electron chi connectivity index (χ1n) is 4.02. The second-order valence-corrected chi connectivity index (χ2v) is 3.97. The molecule has 1 aromatic heterocycles. The number of pyridine rings is 1. The van der Waals surface area contributed by atoms with Crippen molar-refractivity contribution in [1.82, 2.24) is 4.98 Å². The molecule has 0 saturated carbocycles. The van der Waals surface area contributed by atoms with Gasteiger partial charge in [0, 0.05) is 17.8 Å². The molecule has 0 amide bonds. The molecule has 70 valence electrons. The molecule has 0 spiro atoms. The van der Waals surface area contributed by atoms with Crippen LogP contribution in [0.4, 0.5) is 0 Å². The van der Waals surface area contributed by atoms with Crippen LogP contribution >= 0.6 is 15.9 Å². The third kappa shape index (κ3) is 1.49. The summed E-state index contributed by atoms with van der Waals surface area (Å²) in [5.74, 6) is 0. The van der Waals surface area contributed by atoms with Crippen molar-refractivity contribution >= 4 is 15.9 Å². The van der Waals surface area contributed by atoms with Crippen LogP contribution in [0.15, 0.2) is 22.8 Å². The summed E-state index contributed by atoms with van der Waals surface area (Å²) in [5.41, 5.74) is 0.611. The summed E-state index contributed by atoms with van der Waals surface area (Å²) in [6.07, 6.45) is 1.76. The summed E-state index contributed by atoms with van der Waals surface area (Å²) in [6, 6.07) is 3.86. The zero-order chi connectivity index (χ0) is 9.31. The van der Waals surface area contributed by atoms with E-state index in [2.05, 4.69) is 20.9 Å². The lowest BCUT2D eigenvalue weighted by Gasteiger charge is -2.39. The molecule has 0 bridgehead atoms. The number of rotatable bonds is 2. The normalized spacial score (nSPS) is 19.5. The fourth-order valence-electron chi connectivity index (χ4n) is 1.31. The minimum absolute atomic E-state index is 0.316. The Morgan fingerprint density at radius 2 is 2.38 bits per heavy atom. The predicted octanol–water partition coefficient (Wildman–Crippen LogP) is 1.72. The van der Waals surface area contributed by atoms with Crippen molar-refractivity contribution < 1.29 is 9.47 Å². The summed E-state index contributed by atoms with van der Waals surface area (Å²) in [6.45, 7) is 1.18. The van der Waals surface area contributed by atoms with Gasteiger partial charge in [0.25, 0.3) is 0 Å². The fourth-order valence-corrected chi connectivity index (χ4v) is 1.65. The van der Waals surface area contributed by atoms with Gasteiger partial charge in [0.15, 0.2) is 5.60 Å². The Morgan fingerprint density at radius 3 is 2.85 bits per heavy atom. The van der Waals surface area contributed by atoms with Crippen molar-refractivity contribution in [2.75, 3.05) is 20.3 Å². The first-order chi connectivity index (χ1) is 6.27. The Balaban J connectivity index is 2.33. The van der Waals surface area contributed by atoms with Crippen LogP contribution in [-0.4, -0.2) is 25.3 Å². The number of halogens is 1. The Bertz CT molecular complexity index is 307. The standard InChI is InChI=1S/C9H10BrNO2/c1-12-9(5-13-6-9)8-4-7(10)2-3-11-8/h2-4H,5-6H2,1H3. The van der Waals surface area contributed by atoms with Gasteiger partial charge in [0.1, 0.15) is 0 Å². The Hall–Kier alpha value is -0.450. The molecule has 2 rings (SSSR count). The lowest BCUT2D eigenvalue weighted by molar-refractivity contribution is -0.204. The van der Waals surface area contributed by atoms with E-state index in [1.54, 1.807) is 13.3 Å². The van der Waals surface area contributed by atoms with Crippen LogP contribution in [0.3, 0.4) is 0 Å². The molecule has 13 heavy (non-hydrogen) atoms. The maximum absolute atomic E-state index is 5.41. The van der Waals surface area contributed by atoms with Crippen molar-refractivity contribution in [2.45, 2.75) is 5.60 Å². The second kappa shape index (κ2) is 3.36. The smallest absolute Gasteiger partial charge is 0.156 e. The van der Waals surface area contributed by atoms with Crippen molar-refractivity contribution in [2.24, 2.45) is 0 Å². The molecule has 1 aliphatic rings. The first kappa shape index (κ1) is 9.12. The van der Waals surface area contributed by atoms with Crippen molar-refractivity contribution in [1.29, 1.82) is 0 Å². The molecule has 4 heteroatoms. The molecule has 0 unspecified atom stereocenters. The third-order valence-electron chi connectivity index (χ3n) is 2.25. The average Bonchev–Trinajstić information content (AvgIpc) is 2.03. The molecule has 0 N–H and O–H groups in total. The van der Waals surface area contributed by atoms with Gasteiger partial charge in [-0.3, -0.25) is 4.98 Å². The molecular formula is C9H10BrNO2. The van der Waals surface area contributed by atoms with Crippen LogP contribution in [0.5, 0.6) is 0 Å². The average molecular weight is 244 g/mol. The van der Waals surface area contributed by atoms with Gasteiger partial charge >= 0.3 is 0 Å². The van der Waals surface area contributed by atoms with Crippen molar-refractivity contribution in [3.63, 3.8) is 0 Å². The summed E-state index contributed by atoms with van der Waals surface area (Å²) >= 11 is 3.40. The number of ether oxygens (including phenoxy) is 2. The molecule has 0 aromatic carbocycles. The molecule has 0 radical (unpaired) electrons. The minimum Gasteiger partial charge on any atom is -0.374 e. The van der Waals surface area contributed by atoms with E-state index in [1.165, 1.54) is 0 Å². The molecule has 3 nitrogen and oxygen atoms in total. The van der Waals surface area contributed by atoms with E-state index in [0.717, 1.165) is 10.2 Å². The molecule has 0 aliphatic carbocycles. The number of aromatic nitrogens is 1. The van der Waals surface area contributed by atoms with E-state index in [-0.39, 0.29) is 5.60 Å². The minimum atomic E-state index is -0.316. The van der Waals surface area contributed by atoms with E-state index in [0.29, 0.717) is 13.2 Å². The van der Waals surface area contributed by atoms with E-state index >= 15 is 0 Å². The maximum Gasteiger partial charge on any atom is 0.156 e. The topological polar surface area (TPSA) is 31.4 Å². The van der Waals surface area contributed by atoms with E-state index in [4.69, 9.17) is 9.47 Å². The number of hydrogen-bond donors (Lipinski definition) is 0. The zero-order valence-corrected chi connectivity index (χ0v) is 8.87. The molecule has 1 aliphatic heterocycles. The van der Waals surface area contributed by atoms with Crippen LogP contribution < -0.4 is 0 Å². The first-order valence-corrected chi connectivity index (χ1v) is 4.81. The highest BCUT2D eigenvalue weighted by atomic mass is 79.9. The fraction of sp³-hybridized carbons (Fsp3) is 0.444. The highest BCUT2D eigenvalue weighted by molar-refractivity contribution is 9.10. The zero-order valence-electron chi connectivity index (χ0n) is 7.29. The molecular weight excluding hydrogens is 234 g/mol. The van der Waals surface area contributed by atoms with E-state index < -0.39 is 0 Å². The Morgan fingerprint density at radius 1 is 1.62 bits per heavy atom. The summed E-state index contributed by atoms with van der Waals surface area (Å²) in [4.78, 5) is 4.27. The predicted molar refractivity (Wildman–Crippen MR) is 51.4 cm³/mol. The SMILES string of the molecule is COC1(c2cc(Br)ccn2)COC1. The second-order valence-electron chi connectivity index (χ2n) is 3.05. The highest BCUT2D eigenvalue weighted by Gasteiger charge is 2.42. The van der Waals surface area contributed by atoms with Crippen LogP contribution in [0, 0.1) is 0 Å². The Kier molecular flexibility index (Phi) is 2.36. The molecule has 1 aromatic rings. The summed E-state index contributed by atoms with van der Waals surface area (Å²) in [7, 11) is 1.69. The lowest BCUT2D eigenvalue weighted by atomic mass is 9.97.